The van der Waals surface area contributed by atoms with Crippen molar-refractivity contribution in [2.45, 2.75) is 26.8 Å². The standard InChI is InChI=1S/C24H23NO5/c1-5-9-25-20(15-7-8-17(26)18(12-15)29-6-2)19-21(27)16-11-13(3)10-14(4)22(16)30-23(19)24(25)28/h5,7-8,10-12,20,26H,1,6,9H2,2-4H3. The maximum atomic E-state index is 13.5. The number of carbonyl (C=O) groups is 1. The van der Waals surface area contributed by atoms with Crippen LogP contribution < -0.4 is 10.2 Å². The highest BCUT2D eigenvalue weighted by Crippen LogP contribution is 2.41. The smallest absolute Gasteiger partial charge is 0.291 e. The van der Waals surface area contributed by atoms with E-state index in [9.17, 15) is 14.7 Å². The van der Waals surface area contributed by atoms with Gasteiger partial charge in [-0.15, -0.1) is 6.58 Å². The van der Waals surface area contributed by atoms with Crippen LogP contribution in [0.3, 0.4) is 0 Å². The number of fused-ring (bicyclic) bond motifs is 2. The van der Waals surface area contributed by atoms with Crippen LogP contribution in [-0.2, 0) is 0 Å². The lowest BCUT2D eigenvalue weighted by atomic mass is 9.97. The van der Waals surface area contributed by atoms with Gasteiger partial charge in [0, 0.05) is 6.54 Å². The van der Waals surface area contributed by atoms with E-state index in [1.54, 1.807) is 29.2 Å². The molecule has 2 heterocycles. The molecule has 1 amide bonds. The van der Waals surface area contributed by atoms with Crippen molar-refractivity contribution in [1.29, 1.82) is 0 Å². The van der Waals surface area contributed by atoms with Crippen molar-refractivity contribution in [3.63, 3.8) is 0 Å². The normalized spacial score (nSPS) is 15.5. The Morgan fingerprint density at radius 2 is 2.00 bits per heavy atom. The van der Waals surface area contributed by atoms with Gasteiger partial charge in [0.05, 0.1) is 23.6 Å². The molecular formula is C24H23NO5. The zero-order valence-electron chi connectivity index (χ0n) is 17.2. The number of aromatic hydroxyl groups is 1. The summed E-state index contributed by atoms with van der Waals surface area (Å²) in [5, 5.41) is 10.5. The van der Waals surface area contributed by atoms with Crippen molar-refractivity contribution in [1.82, 2.24) is 4.90 Å². The molecule has 3 aromatic rings. The van der Waals surface area contributed by atoms with E-state index in [0.29, 0.717) is 34.5 Å². The summed E-state index contributed by atoms with van der Waals surface area (Å²) in [5.74, 6) is -0.0132. The minimum absolute atomic E-state index is 0.00258. The van der Waals surface area contributed by atoms with Crippen molar-refractivity contribution >= 4 is 16.9 Å². The summed E-state index contributed by atoms with van der Waals surface area (Å²) >= 11 is 0. The van der Waals surface area contributed by atoms with Crippen molar-refractivity contribution in [2.24, 2.45) is 0 Å². The van der Waals surface area contributed by atoms with E-state index in [0.717, 1.165) is 11.1 Å². The Bertz CT molecular complexity index is 1240. The minimum Gasteiger partial charge on any atom is -0.504 e. The first-order valence-corrected chi connectivity index (χ1v) is 9.82. The summed E-state index contributed by atoms with van der Waals surface area (Å²) in [4.78, 5) is 28.3. The third kappa shape index (κ3) is 2.96. The summed E-state index contributed by atoms with van der Waals surface area (Å²) in [6.07, 6.45) is 1.61. The number of benzene rings is 2. The Morgan fingerprint density at radius 1 is 1.23 bits per heavy atom. The molecule has 0 aliphatic carbocycles. The molecule has 0 fully saturated rings. The lowest BCUT2D eigenvalue weighted by Crippen LogP contribution is -2.29. The summed E-state index contributed by atoms with van der Waals surface area (Å²) in [5.41, 5.74) is 2.90. The number of carbonyl (C=O) groups excluding carboxylic acids is 1. The third-order valence-electron chi connectivity index (χ3n) is 5.32. The van der Waals surface area contributed by atoms with Crippen molar-refractivity contribution in [2.75, 3.05) is 13.2 Å². The van der Waals surface area contributed by atoms with Crippen LogP contribution in [0.4, 0.5) is 0 Å². The number of phenolic OH excluding ortho intramolecular Hbond substituents is 1. The first-order valence-electron chi connectivity index (χ1n) is 9.82. The second-order valence-electron chi connectivity index (χ2n) is 7.44. The van der Waals surface area contributed by atoms with Crippen LogP contribution in [0.2, 0.25) is 0 Å². The van der Waals surface area contributed by atoms with Crippen LogP contribution in [0, 0.1) is 13.8 Å². The molecule has 1 unspecified atom stereocenters. The number of rotatable bonds is 5. The quantitative estimate of drug-likeness (QED) is 0.642. The molecule has 0 spiro atoms. The number of nitrogens with zero attached hydrogens (tertiary/aromatic N) is 1. The van der Waals surface area contributed by atoms with Gasteiger partial charge < -0.3 is 19.2 Å². The highest BCUT2D eigenvalue weighted by molar-refractivity contribution is 5.99. The van der Waals surface area contributed by atoms with Crippen LogP contribution in [0.5, 0.6) is 11.5 Å². The van der Waals surface area contributed by atoms with Gasteiger partial charge in [0.15, 0.2) is 16.9 Å². The van der Waals surface area contributed by atoms with E-state index in [1.807, 2.05) is 26.8 Å². The molecule has 1 aromatic heterocycles. The Labute approximate surface area is 174 Å². The molecule has 1 aliphatic rings. The van der Waals surface area contributed by atoms with E-state index >= 15 is 0 Å². The van der Waals surface area contributed by atoms with Gasteiger partial charge in [-0.2, -0.15) is 0 Å². The van der Waals surface area contributed by atoms with Gasteiger partial charge in [0.2, 0.25) is 5.76 Å². The Hall–Kier alpha value is -3.54. The van der Waals surface area contributed by atoms with E-state index in [4.69, 9.17) is 9.15 Å². The second-order valence-corrected chi connectivity index (χ2v) is 7.44. The van der Waals surface area contributed by atoms with Crippen molar-refractivity contribution < 1.29 is 19.1 Å². The first kappa shape index (κ1) is 19.8. The molecule has 0 bridgehead atoms. The van der Waals surface area contributed by atoms with Crippen LogP contribution in [0.1, 0.15) is 45.8 Å². The lowest BCUT2D eigenvalue weighted by Gasteiger charge is -2.24. The summed E-state index contributed by atoms with van der Waals surface area (Å²) in [6, 6.07) is 7.90. The molecule has 6 heteroatoms. The van der Waals surface area contributed by atoms with Gasteiger partial charge in [-0.25, -0.2) is 0 Å². The number of phenols is 1. The fourth-order valence-corrected chi connectivity index (χ4v) is 4.12. The Kier molecular flexibility index (Phi) is 4.86. The molecule has 1 atom stereocenters. The van der Waals surface area contributed by atoms with Crippen LogP contribution in [-0.4, -0.2) is 29.1 Å². The third-order valence-corrected chi connectivity index (χ3v) is 5.32. The second kappa shape index (κ2) is 7.37. The van der Waals surface area contributed by atoms with E-state index in [1.165, 1.54) is 6.07 Å². The Morgan fingerprint density at radius 3 is 2.70 bits per heavy atom. The van der Waals surface area contributed by atoms with Gasteiger partial charge in [-0.05, 0) is 55.7 Å². The largest absolute Gasteiger partial charge is 0.504 e. The van der Waals surface area contributed by atoms with Gasteiger partial charge in [-0.3, -0.25) is 9.59 Å². The number of ether oxygens (including phenoxy) is 1. The molecule has 0 saturated carbocycles. The number of hydrogen-bond donors (Lipinski definition) is 1. The molecule has 4 rings (SSSR count). The molecule has 6 nitrogen and oxygen atoms in total. The van der Waals surface area contributed by atoms with Crippen molar-refractivity contribution in [3.05, 3.63) is 81.2 Å². The van der Waals surface area contributed by atoms with Gasteiger partial charge in [0.25, 0.3) is 5.91 Å². The maximum Gasteiger partial charge on any atom is 0.291 e. The van der Waals surface area contributed by atoms with Crippen LogP contribution in [0.25, 0.3) is 11.0 Å². The zero-order chi connectivity index (χ0) is 21.6. The van der Waals surface area contributed by atoms with Crippen LogP contribution >= 0.6 is 0 Å². The number of hydrogen-bond acceptors (Lipinski definition) is 5. The predicted octanol–water partition coefficient (Wildman–Crippen LogP) is 4.25. The summed E-state index contributed by atoms with van der Waals surface area (Å²) in [6.45, 7) is 9.95. The average Bonchev–Trinajstić information content (AvgIpc) is 2.98. The highest BCUT2D eigenvalue weighted by atomic mass is 16.5. The molecule has 1 N–H and O–H groups in total. The monoisotopic (exact) mass is 405 g/mol. The lowest BCUT2D eigenvalue weighted by molar-refractivity contribution is 0.0748. The molecule has 154 valence electrons. The van der Waals surface area contributed by atoms with E-state index in [-0.39, 0.29) is 29.4 Å². The molecule has 1 aliphatic heterocycles. The average molecular weight is 405 g/mol. The first-order chi connectivity index (χ1) is 14.4. The topological polar surface area (TPSA) is 80.0 Å². The van der Waals surface area contributed by atoms with Gasteiger partial charge in [0.1, 0.15) is 5.58 Å². The zero-order valence-corrected chi connectivity index (χ0v) is 17.2. The summed E-state index contributed by atoms with van der Waals surface area (Å²) in [7, 11) is 0. The molecule has 0 radical (unpaired) electrons. The fraction of sp³-hybridized carbons (Fsp3) is 0.250. The van der Waals surface area contributed by atoms with Gasteiger partial charge >= 0.3 is 0 Å². The highest BCUT2D eigenvalue weighted by Gasteiger charge is 2.42. The predicted molar refractivity (Wildman–Crippen MR) is 114 cm³/mol. The molecular weight excluding hydrogens is 382 g/mol. The minimum atomic E-state index is -0.660. The maximum absolute atomic E-state index is 13.5. The summed E-state index contributed by atoms with van der Waals surface area (Å²) < 4.78 is 11.5. The SMILES string of the molecule is C=CCN1C(=O)c2oc3c(C)cc(C)cc3c(=O)c2C1c1ccc(O)c(OCC)c1. The van der Waals surface area contributed by atoms with Crippen molar-refractivity contribution in [3.8, 4) is 11.5 Å². The van der Waals surface area contributed by atoms with E-state index in [2.05, 4.69) is 6.58 Å². The number of aryl methyl sites for hydroxylation is 2. The van der Waals surface area contributed by atoms with E-state index < -0.39 is 6.04 Å². The van der Waals surface area contributed by atoms with Crippen LogP contribution in [0.15, 0.2) is 52.2 Å². The molecule has 0 saturated heterocycles. The molecule has 2 aromatic carbocycles. The van der Waals surface area contributed by atoms with Gasteiger partial charge in [-0.1, -0.05) is 18.2 Å². The molecule has 30 heavy (non-hydrogen) atoms. The number of amides is 1. The fourth-order valence-electron chi connectivity index (χ4n) is 4.12. The Balaban J connectivity index is 2.01.